The van der Waals surface area contributed by atoms with Crippen molar-refractivity contribution in [2.24, 2.45) is 0 Å². The summed E-state index contributed by atoms with van der Waals surface area (Å²) in [5, 5.41) is 5.05. The highest BCUT2D eigenvalue weighted by molar-refractivity contribution is 6.01. The van der Waals surface area contributed by atoms with E-state index >= 15 is 0 Å². The van der Waals surface area contributed by atoms with Gasteiger partial charge in [-0.3, -0.25) is 15.0 Å². The molecule has 9 heteroatoms. The van der Waals surface area contributed by atoms with E-state index < -0.39 is 6.03 Å². The van der Waals surface area contributed by atoms with Crippen LogP contribution in [-0.2, 0) is 4.79 Å². The van der Waals surface area contributed by atoms with E-state index in [0.29, 0.717) is 30.4 Å². The van der Waals surface area contributed by atoms with Crippen LogP contribution in [-0.4, -0.2) is 49.9 Å². The maximum atomic E-state index is 12.5. The molecule has 1 atom stereocenters. The number of amides is 3. The molecule has 5 rings (SSSR count). The van der Waals surface area contributed by atoms with Gasteiger partial charge in [0.15, 0.2) is 23.0 Å². The maximum Gasteiger partial charge on any atom is 0.325 e. The number of benzene rings is 2. The second-order valence-corrected chi connectivity index (χ2v) is 7.60. The predicted octanol–water partition coefficient (Wildman–Crippen LogP) is 2.67. The second kappa shape index (κ2) is 8.35. The van der Waals surface area contributed by atoms with Gasteiger partial charge in [-0.15, -0.1) is 0 Å². The van der Waals surface area contributed by atoms with E-state index in [0.717, 1.165) is 36.4 Å². The third kappa shape index (κ3) is 4.22. The summed E-state index contributed by atoms with van der Waals surface area (Å²) in [7, 11) is 0. The molecular formula is C22H23N3O6. The van der Waals surface area contributed by atoms with Gasteiger partial charge in [0.1, 0.15) is 13.2 Å². The third-order valence-corrected chi connectivity index (χ3v) is 5.54. The van der Waals surface area contributed by atoms with E-state index in [1.807, 2.05) is 18.2 Å². The van der Waals surface area contributed by atoms with Crippen LogP contribution in [0.15, 0.2) is 36.4 Å². The van der Waals surface area contributed by atoms with Crippen LogP contribution in [0.4, 0.5) is 10.5 Å². The van der Waals surface area contributed by atoms with Crippen LogP contribution in [0.5, 0.6) is 23.0 Å². The van der Waals surface area contributed by atoms with Crippen molar-refractivity contribution in [1.29, 1.82) is 0 Å². The fourth-order valence-corrected chi connectivity index (χ4v) is 4.15. The lowest BCUT2D eigenvalue weighted by atomic mass is 10.0. The molecule has 162 valence electrons. The first kappa shape index (κ1) is 19.5. The molecule has 3 aliphatic rings. The zero-order chi connectivity index (χ0) is 21.2. The topological polar surface area (TPSA) is 98.4 Å². The lowest BCUT2D eigenvalue weighted by Crippen LogP contribution is -2.41. The van der Waals surface area contributed by atoms with Crippen LogP contribution in [0.25, 0.3) is 0 Å². The predicted molar refractivity (Wildman–Crippen MR) is 111 cm³/mol. The number of likely N-dealkylation sites (tertiary alicyclic amines) is 1. The van der Waals surface area contributed by atoms with Crippen LogP contribution in [0.3, 0.4) is 0 Å². The number of nitrogens with one attached hydrogen (secondary N) is 2. The molecule has 0 saturated carbocycles. The Bertz CT molecular complexity index is 1010. The fourth-order valence-electron chi connectivity index (χ4n) is 4.15. The summed E-state index contributed by atoms with van der Waals surface area (Å²) in [6.07, 6.45) is 1.92. The molecule has 31 heavy (non-hydrogen) atoms. The molecule has 1 saturated heterocycles. The summed E-state index contributed by atoms with van der Waals surface area (Å²) in [4.78, 5) is 26.8. The Kier molecular flexibility index (Phi) is 5.25. The summed E-state index contributed by atoms with van der Waals surface area (Å²) in [5.74, 6) is 2.31. The number of hydrogen-bond acceptors (Lipinski definition) is 7. The van der Waals surface area contributed by atoms with Gasteiger partial charge in [0.25, 0.3) is 0 Å². The molecule has 2 aromatic rings. The molecule has 3 heterocycles. The van der Waals surface area contributed by atoms with Crippen molar-refractivity contribution in [3.8, 4) is 23.0 Å². The minimum absolute atomic E-state index is 0.0958. The molecule has 0 radical (unpaired) electrons. The fraction of sp³-hybridized carbons (Fsp3) is 0.364. The van der Waals surface area contributed by atoms with Crippen molar-refractivity contribution >= 4 is 17.6 Å². The second-order valence-electron chi connectivity index (χ2n) is 7.60. The number of rotatable bonds is 4. The molecule has 3 amide bonds. The number of hydrogen-bond donors (Lipinski definition) is 2. The molecule has 0 aliphatic carbocycles. The highest BCUT2D eigenvalue weighted by Crippen LogP contribution is 2.38. The van der Waals surface area contributed by atoms with Gasteiger partial charge in [0, 0.05) is 17.8 Å². The van der Waals surface area contributed by atoms with Crippen molar-refractivity contribution < 1.29 is 28.5 Å². The molecule has 1 fully saturated rings. The number of fused-ring (bicyclic) bond motifs is 2. The van der Waals surface area contributed by atoms with Crippen molar-refractivity contribution in [1.82, 2.24) is 10.2 Å². The van der Waals surface area contributed by atoms with Gasteiger partial charge >= 0.3 is 6.03 Å². The van der Waals surface area contributed by atoms with Crippen LogP contribution in [0.1, 0.15) is 24.4 Å². The van der Waals surface area contributed by atoms with Gasteiger partial charge in [-0.05, 0) is 49.2 Å². The van der Waals surface area contributed by atoms with Gasteiger partial charge in [0.2, 0.25) is 12.7 Å². The zero-order valence-electron chi connectivity index (χ0n) is 16.9. The first-order valence-corrected chi connectivity index (χ1v) is 10.3. The Labute approximate surface area is 179 Å². The summed E-state index contributed by atoms with van der Waals surface area (Å²) in [6, 6.07) is 10.5. The van der Waals surface area contributed by atoms with Crippen LogP contribution in [0.2, 0.25) is 0 Å². The molecule has 0 aromatic heterocycles. The van der Waals surface area contributed by atoms with Gasteiger partial charge in [0.05, 0.1) is 6.54 Å². The van der Waals surface area contributed by atoms with Crippen LogP contribution < -0.4 is 29.6 Å². The van der Waals surface area contributed by atoms with Crippen LogP contribution in [0, 0.1) is 0 Å². The molecule has 0 spiro atoms. The molecule has 2 aromatic carbocycles. The SMILES string of the molecule is O=C(CN1CCC[C@@H]1c1ccc2c(c1)OCCO2)NC(=O)Nc1ccc2c(c1)OCO2. The largest absolute Gasteiger partial charge is 0.486 e. The summed E-state index contributed by atoms with van der Waals surface area (Å²) in [6.45, 7) is 2.16. The average molecular weight is 425 g/mol. The Morgan fingerprint density at radius 1 is 0.935 bits per heavy atom. The number of nitrogens with zero attached hydrogens (tertiary/aromatic N) is 1. The van der Waals surface area contributed by atoms with Crippen molar-refractivity contribution in [2.75, 3.05) is 38.4 Å². The van der Waals surface area contributed by atoms with Crippen molar-refractivity contribution in [2.45, 2.75) is 18.9 Å². The number of carbonyl (C=O) groups is 2. The highest BCUT2D eigenvalue weighted by atomic mass is 16.7. The average Bonchev–Trinajstić information content (AvgIpc) is 3.42. The van der Waals surface area contributed by atoms with Crippen molar-refractivity contribution in [3.05, 3.63) is 42.0 Å². The maximum absolute atomic E-state index is 12.5. The number of urea groups is 1. The highest BCUT2D eigenvalue weighted by Gasteiger charge is 2.29. The van der Waals surface area contributed by atoms with Crippen LogP contribution >= 0.6 is 0 Å². The molecule has 0 unspecified atom stereocenters. The summed E-state index contributed by atoms with van der Waals surface area (Å²) < 4.78 is 21.8. The normalized spacial score (nSPS) is 19.2. The Hall–Kier alpha value is -3.46. The van der Waals surface area contributed by atoms with Crippen molar-refractivity contribution in [3.63, 3.8) is 0 Å². The monoisotopic (exact) mass is 425 g/mol. The third-order valence-electron chi connectivity index (χ3n) is 5.54. The van der Waals surface area contributed by atoms with E-state index in [1.165, 1.54) is 0 Å². The quantitative estimate of drug-likeness (QED) is 0.777. The minimum Gasteiger partial charge on any atom is -0.486 e. The number of ether oxygens (including phenoxy) is 4. The van der Waals surface area contributed by atoms with E-state index in [1.54, 1.807) is 18.2 Å². The zero-order valence-corrected chi connectivity index (χ0v) is 16.9. The molecule has 3 aliphatic heterocycles. The number of anilines is 1. The first-order chi connectivity index (χ1) is 15.2. The lowest BCUT2D eigenvalue weighted by Gasteiger charge is -2.26. The van der Waals surface area contributed by atoms with E-state index in [4.69, 9.17) is 18.9 Å². The van der Waals surface area contributed by atoms with Gasteiger partial charge < -0.3 is 24.3 Å². The van der Waals surface area contributed by atoms with E-state index in [2.05, 4.69) is 15.5 Å². The molecule has 2 N–H and O–H groups in total. The number of carbonyl (C=O) groups excluding carboxylic acids is 2. The molecule has 0 bridgehead atoms. The minimum atomic E-state index is -0.584. The molecular weight excluding hydrogens is 402 g/mol. The van der Waals surface area contributed by atoms with E-state index in [-0.39, 0.29) is 25.3 Å². The summed E-state index contributed by atoms with van der Waals surface area (Å²) >= 11 is 0. The Balaban J connectivity index is 1.18. The first-order valence-electron chi connectivity index (χ1n) is 10.3. The smallest absolute Gasteiger partial charge is 0.325 e. The van der Waals surface area contributed by atoms with Gasteiger partial charge in [-0.2, -0.15) is 0 Å². The lowest BCUT2D eigenvalue weighted by molar-refractivity contribution is -0.121. The number of imide groups is 1. The standard InChI is InChI=1S/C22H23N3O6/c26-21(24-22(27)23-15-4-6-18-20(11-15)31-13-30-18)12-25-7-1-2-16(25)14-3-5-17-19(10-14)29-9-8-28-17/h3-6,10-11,16H,1-2,7-9,12-13H2,(H2,23,24,26,27)/t16-/m1/s1. The van der Waals surface area contributed by atoms with E-state index in [9.17, 15) is 9.59 Å². The summed E-state index contributed by atoms with van der Waals surface area (Å²) in [5.41, 5.74) is 1.60. The molecule has 9 nitrogen and oxygen atoms in total. The Morgan fingerprint density at radius 2 is 1.68 bits per heavy atom. The van der Waals surface area contributed by atoms with Gasteiger partial charge in [-0.1, -0.05) is 6.07 Å². The Morgan fingerprint density at radius 3 is 2.58 bits per heavy atom. The van der Waals surface area contributed by atoms with Gasteiger partial charge in [-0.25, -0.2) is 4.79 Å².